The lowest BCUT2D eigenvalue weighted by atomic mass is 10.2. The van der Waals surface area contributed by atoms with Gasteiger partial charge in [0.1, 0.15) is 5.75 Å². The van der Waals surface area contributed by atoms with Gasteiger partial charge in [0, 0.05) is 17.4 Å². The SMILES string of the molecule is Cc1cccc(Nc2ncc(F)c(Nc3cccc(O)c3)n2)c1. The molecule has 1 aromatic heterocycles. The van der Waals surface area contributed by atoms with Gasteiger partial charge in [-0.3, -0.25) is 0 Å². The molecule has 23 heavy (non-hydrogen) atoms. The van der Waals surface area contributed by atoms with Crippen molar-refractivity contribution in [1.29, 1.82) is 0 Å². The summed E-state index contributed by atoms with van der Waals surface area (Å²) in [4.78, 5) is 8.07. The maximum absolute atomic E-state index is 13.9. The van der Waals surface area contributed by atoms with E-state index in [0.717, 1.165) is 17.4 Å². The summed E-state index contributed by atoms with van der Waals surface area (Å²) in [6, 6.07) is 14.1. The van der Waals surface area contributed by atoms with Gasteiger partial charge in [0.25, 0.3) is 0 Å². The summed E-state index contributed by atoms with van der Waals surface area (Å²) in [5.74, 6) is -0.189. The number of nitrogens with one attached hydrogen (secondary N) is 2. The Bertz CT molecular complexity index is 838. The van der Waals surface area contributed by atoms with Crippen molar-refractivity contribution in [2.24, 2.45) is 0 Å². The number of aromatic hydroxyl groups is 1. The fourth-order valence-electron chi connectivity index (χ4n) is 2.09. The molecule has 0 aliphatic heterocycles. The number of nitrogens with zero attached hydrogens (tertiary/aromatic N) is 2. The fraction of sp³-hybridized carbons (Fsp3) is 0.0588. The molecular formula is C17H15FN4O. The van der Waals surface area contributed by atoms with Crippen molar-refractivity contribution in [1.82, 2.24) is 9.97 Å². The van der Waals surface area contributed by atoms with Gasteiger partial charge in [-0.1, -0.05) is 18.2 Å². The summed E-state index contributed by atoms with van der Waals surface area (Å²) < 4.78 is 13.9. The van der Waals surface area contributed by atoms with Gasteiger partial charge < -0.3 is 15.7 Å². The first kappa shape index (κ1) is 14.8. The van der Waals surface area contributed by atoms with Crippen molar-refractivity contribution in [3.63, 3.8) is 0 Å². The molecule has 0 radical (unpaired) electrons. The van der Waals surface area contributed by atoms with E-state index in [1.165, 1.54) is 12.1 Å². The molecule has 3 rings (SSSR count). The monoisotopic (exact) mass is 310 g/mol. The van der Waals surface area contributed by atoms with Crippen LogP contribution in [0.25, 0.3) is 0 Å². The summed E-state index contributed by atoms with van der Waals surface area (Å²) in [6.45, 7) is 1.98. The highest BCUT2D eigenvalue weighted by Crippen LogP contribution is 2.22. The second kappa shape index (κ2) is 6.31. The number of hydrogen-bond acceptors (Lipinski definition) is 5. The van der Waals surface area contributed by atoms with Crippen molar-refractivity contribution < 1.29 is 9.50 Å². The van der Waals surface area contributed by atoms with Gasteiger partial charge in [-0.15, -0.1) is 0 Å². The molecule has 3 aromatic rings. The molecule has 116 valence electrons. The molecule has 2 aromatic carbocycles. The minimum atomic E-state index is -0.580. The van der Waals surface area contributed by atoms with Crippen LogP contribution >= 0.6 is 0 Å². The van der Waals surface area contributed by atoms with Crippen molar-refractivity contribution >= 4 is 23.1 Å². The molecule has 0 atom stereocenters. The first-order chi connectivity index (χ1) is 11.1. The van der Waals surface area contributed by atoms with Crippen LogP contribution in [0.15, 0.2) is 54.7 Å². The summed E-state index contributed by atoms with van der Waals surface area (Å²) in [5, 5.41) is 15.3. The van der Waals surface area contributed by atoms with E-state index in [0.29, 0.717) is 5.69 Å². The van der Waals surface area contributed by atoms with E-state index in [-0.39, 0.29) is 17.5 Å². The quantitative estimate of drug-likeness (QED) is 0.676. The molecule has 0 fully saturated rings. The van der Waals surface area contributed by atoms with Crippen LogP contribution < -0.4 is 10.6 Å². The van der Waals surface area contributed by atoms with Gasteiger partial charge in [-0.05, 0) is 36.8 Å². The number of anilines is 4. The third kappa shape index (κ3) is 3.74. The zero-order chi connectivity index (χ0) is 16.2. The first-order valence-electron chi connectivity index (χ1n) is 7.02. The average molecular weight is 310 g/mol. The Hall–Kier alpha value is -3.15. The number of phenols is 1. The minimum absolute atomic E-state index is 0.0285. The van der Waals surface area contributed by atoms with Gasteiger partial charge >= 0.3 is 0 Å². The van der Waals surface area contributed by atoms with E-state index in [4.69, 9.17) is 0 Å². The van der Waals surface area contributed by atoms with Crippen LogP contribution in [0.4, 0.5) is 27.5 Å². The first-order valence-corrected chi connectivity index (χ1v) is 7.02. The van der Waals surface area contributed by atoms with Crippen LogP contribution in [-0.4, -0.2) is 15.1 Å². The number of rotatable bonds is 4. The van der Waals surface area contributed by atoms with Crippen molar-refractivity contribution in [2.75, 3.05) is 10.6 Å². The molecular weight excluding hydrogens is 295 g/mol. The molecule has 0 saturated carbocycles. The Morgan fingerprint density at radius 3 is 2.48 bits per heavy atom. The molecule has 0 spiro atoms. The van der Waals surface area contributed by atoms with Crippen LogP contribution in [0.2, 0.25) is 0 Å². The highest BCUT2D eigenvalue weighted by molar-refractivity contribution is 5.61. The van der Waals surface area contributed by atoms with Crippen LogP contribution in [0.5, 0.6) is 5.75 Å². The topological polar surface area (TPSA) is 70.1 Å². The van der Waals surface area contributed by atoms with Gasteiger partial charge in [0.15, 0.2) is 11.6 Å². The van der Waals surface area contributed by atoms with Crippen LogP contribution in [0.3, 0.4) is 0 Å². The molecule has 0 aliphatic carbocycles. The summed E-state index contributed by atoms with van der Waals surface area (Å²) in [7, 11) is 0. The van der Waals surface area contributed by atoms with Gasteiger partial charge in [0.2, 0.25) is 5.95 Å². The number of hydrogen-bond donors (Lipinski definition) is 3. The Labute approximate surface area is 132 Å². The Balaban J connectivity index is 1.84. The van der Waals surface area contributed by atoms with Crippen LogP contribution in [-0.2, 0) is 0 Å². The third-order valence-corrected chi connectivity index (χ3v) is 3.13. The Kier molecular flexibility index (Phi) is 4.05. The Morgan fingerprint density at radius 2 is 1.74 bits per heavy atom. The largest absolute Gasteiger partial charge is 0.508 e. The van der Waals surface area contributed by atoms with E-state index >= 15 is 0 Å². The molecule has 0 aliphatic rings. The predicted octanol–water partition coefficient (Wildman–Crippen LogP) is 4.12. The van der Waals surface area contributed by atoms with Gasteiger partial charge in [0.05, 0.1) is 6.20 Å². The predicted molar refractivity (Wildman–Crippen MR) is 87.8 cm³/mol. The maximum Gasteiger partial charge on any atom is 0.229 e. The van der Waals surface area contributed by atoms with E-state index in [1.54, 1.807) is 12.1 Å². The molecule has 5 nitrogen and oxygen atoms in total. The second-order valence-corrected chi connectivity index (χ2v) is 5.06. The van der Waals surface area contributed by atoms with E-state index in [9.17, 15) is 9.50 Å². The molecule has 0 amide bonds. The van der Waals surface area contributed by atoms with E-state index in [1.807, 2.05) is 31.2 Å². The van der Waals surface area contributed by atoms with Crippen LogP contribution in [0.1, 0.15) is 5.56 Å². The third-order valence-electron chi connectivity index (χ3n) is 3.13. The molecule has 0 bridgehead atoms. The second-order valence-electron chi connectivity index (χ2n) is 5.06. The summed E-state index contributed by atoms with van der Waals surface area (Å²) >= 11 is 0. The van der Waals surface area contributed by atoms with Gasteiger partial charge in [-0.25, -0.2) is 9.37 Å². The zero-order valence-electron chi connectivity index (χ0n) is 12.4. The lowest BCUT2D eigenvalue weighted by molar-refractivity contribution is 0.475. The van der Waals surface area contributed by atoms with Crippen molar-refractivity contribution in [2.45, 2.75) is 6.92 Å². The zero-order valence-corrected chi connectivity index (χ0v) is 12.4. The lowest BCUT2D eigenvalue weighted by Crippen LogP contribution is -2.03. The Morgan fingerprint density at radius 1 is 1.00 bits per heavy atom. The number of aryl methyl sites for hydroxylation is 1. The number of halogens is 1. The van der Waals surface area contributed by atoms with Crippen LogP contribution in [0, 0.1) is 12.7 Å². The normalized spacial score (nSPS) is 10.3. The van der Waals surface area contributed by atoms with Gasteiger partial charge in [-0.2, -0.15) is 4.98 Å². The molecule has 6 heteroatoms. The van der Waals surface area contributed by atoms with Crippen molar-refractivity contribution in [3.05, 3.63) is 66.1 Å². The minimum Gasteiger partial charge on any atom is -0.508 e. The smallest absolute Gasteiger partial charge is 0.229 e. The molecule has 3 N–H and O–H groups in total. The molecule has 0 saturated heterocycles. The molecule has 0 unspecified atom stereocenters. The van der Waals surface area contributed by atoms with Crippen molar-refractivity contribution in [3.8, 4) is 5.75 Å². The number of aromatic nitrogens is 2. The highest BCUT2D eigenvalue weighted by Gasteiger charge is 2.08. The lowest BCUT2D eigenvalue weighted by Gasteiger charge is -2.10. The summed E-state index contributed by atoms with van der Waals surface area (Å²) in [6.07, 6.45) is 1.09. The standard InChI is InChI=1S/C17H15FN4O/c1-11-4-2-5-12(8-11)21-17-19-10-15(18)16(22-17)20-13-6-3-7-14(23)9-13/h2-10,23H,1H3,(H2,19,20,21,22). The maximum atomic E-state index is 13.9. The number of phenolic OH excluding ortho intramolecular Hbond substituents is 1. The van der Waals surface area contributed by atoms with E-state index in [2.05, 4.69) is 20.6 Å². The average Bonchev–Trinajstić information content (AvgIpc) is 2.51. The van der Waals surface area contributed by atoms with E-state index < -0.39 is 5.82 Å². The number of benzene rings is 2. The fourth-order valence-corrected chi connectivity index (χ4v) is 2.09. The highest BCUT2D eigenvalue weighted by atomic mass is 19.1. The summed E-state index contributed by atoms with van der Waals surface area (Å²) in [5.41, 5.74) is 2.44. The molecule has 1 heterocycles.